The average Bonchev–Trinajstić information content (AvgIpc) is 1.50. The highest BCUT2D eigenvalue weighted by molar-refractivity contribution is 6.76. The number of carbonyl (C=O) groups is 6. The third kappa shape index (κ3) is 21.7. The molecule has 18 nitrogen and oxygen atoms in total. The summed E-state index contributed by atoms with van der Waals surface area (Å²) in [6.45, 7) is 24.3. The van der Waals surface area contributed by atoms with Crippen LogP contribution in [0.5, 0.6) is 11.5 Å². The fourth-order valence-electron chi connectivity index (χ4n) is 8.89. The number of amides is 4. The van der Waals surface area contributed by atoms with Crippen molar-refractivity contribution in [3.8, 4) is 22.6 Å². The fourth-order valence-corrected chi connectivity index (χ4v) is 10.9. The van der Waals surface area contributed by atoms with Crippen molar-refractivity contribution >= 4 is 52.5 Å². The SMILES string of the molecule is CC(NC(=O)OCc1ccccc1)[C@H](NC(=O)OC(C)(C)C)C(=O)N[C@](C)(C(=O)O)[C@H](O[Si](C)(C)C(C)(C)C)c1cc(-c2ccc(OCc3ccccc3)c(C[C@H](NC(=O)OCc3ccccc3)C(=O)OCC[Si](C)(C)C)c2)ccc1OCc1ccccc1. The Kier molecular flexibility index (Phi) is 24.4. The van der Waals surface area contributed by atoms with Gasteiger partial charge in [0.25, 0.3) is 0 Å². The van der Waals surface area contributed by atoms with E-state index in [1.54, 1.807) is 69.3 Å². The second-order valence-corrected chi connectivity index (χ2v) is 36.3. The van der Waals surface area contributed by atoms with E-state index in [1.165, 1.54) is 13.8 Å². The molecule has 0 bridgehead atoms. The summed E-state index contributed by atoms with van der Waals surface area (Å²) in [5.41, 5.74) is 1.60. The van der Waals surface area contributed by atoms with Gasteiger partial charge in [0.1, 0.15) is 61.7 Å². The molecule has 6 rings (SSSR count). The molecule has 89 heavy (non-hydrogen) atoms. The van der Waals surface area contributed by atoms with Crippen LogP contribution in [0.25, 0.3) is 11.1 Å². The summed E-state index contributed by atoms with van der Waals surface area (Å²) in [6.07, 6.45) is -4.40. The van der Waals surface area contributed by atoms with E-state index in [9.17, 15) is 29.1 Å². The highest BCUT2D eigenvalue weighted by atomic mass is 28.4. The Hall–Kier alpha value is -8.47. The Morgan fingerprint density at radius 1 is 0.539 bits per heavy atom. The number of carboxylic acids is 1. The maximum atomic E-state index is 15.2. The summed E-state index contributed by atoms with van der Waals surface area (Å²) in [5.74, 6) is -2.55. The van der Waals surface area contributed by atoms with E-state index in [1.807, 2.05) is 143 Å². The van der Waals surface area contributed by atoms with Crippen molar-refractivity contribution < 1.29 is 66.7 Å². The lowest BCUT2D eigenvalue weighted by Crippen LogP contribution is -2.65. The summed E-state index contributed by atoms with van der Waals surface area (Å²) >= 11 is 0. The summed E-state index contributed by atoms with van der Waals surface area (Å²) in [7, 11) is -4.76. The van der Waals surface area contributed by atoms with Gasteiger partial charge in [0, 0.05) is 20.1 Å². The molecule has 0 spiro atoms. The number of hydrogen-bond acceptors (Lipinski definition) is 13. The molecule has 0 radical (unpaired) electrons. The number of benzene rings is 6. The normalized spacial score (nSPS) is 13.8. The van der Waals surface area contributed by atoms with E-state index in [2.05, 4.69) is 40.9 Å². The first-order valence-corrected chi connectivity index (χ1v) is 36.5. The van der Waals surface area contributed by atoms with Crippen LogP contribution < -0.4 is 30.7 Å². The molecule has 6 aromatic carbocycles. The predicted octanol–water partition coefficient (Wildman–Crippen LogP) is 13.5. The Balaban J connectivity index is 1.49. The van der Waals surface area contributed by atoms with Crippen molar-refractivity contribution in [2.24, 2.45) is 0 Å². The number of alkyl carbamates (subject to hydrolysis) is 3. The van der Waals surface area contributed by atoms with Gasteiger partial charge in [-0.2, -0.15) is 0 Å². The van der Waals surface area contributed by atoms with Crippen LogP contribution in [-0.4, -0.2) is 93.5 Å². The van der Waals surface area contributed by atoms with Crippen LogP contribution in [0, 0.1) is 0 Å². The molecule has 0 fully saturated rings. The number of rotatable bonds is 28. The van der Waals surface area contributed by atoms with Crippen molar-refractivity contribution in [1.29, 1.82) is 0 Å². The lowest BCUT2D eigenvalue weighted by atomic mass is 9.86. The van der Waals surface area contributed by atoms with Crippen molar-refractivity contribution in [2.75, 3.05) is 6.61 Å². The first kappa shape index (κ1) is 69.6. The summed E-state index contributed by atoms with van der Waals surface area (Å²) in [6, 6.07) is 44.3. The summed E-state index contributed by atoms with van der Waals surface area (Å²) in [5, 5.41) is 22.0. The molecule has 20 heteroatoms. The van der Waals surface area contributed by atoms with E-state index < -0.39 is 92.9 Å². The van der Waals surface area contributed by atoms with Crippen LogP contribution in [0.2, 0.25) is 43.8 Å². The molecule has 0 saturated carbocycles. The third-order valence-corrected chi connectivity index (χ3v) is 21.2. The van der Waals surface area contributed by atoms with Crippen molar-refractivity contribution in [3.63, 3.8) is 0 Å². The Bertz CT molecular complexity index is 3320. The number of ether oxygens (including phenoxy) is 6. The minimum absolute atomic E-state index is 0.0466. The molecule has 6 aromatic rings. The van der Waals surface area contributed by atoms with Crippen LogP contribution in [0.15, 0.2) is 158 Å². The van der Waals surface area contributed by atoms with Gasteiger partial charge in [-0.25, -0.2) is 24.0 Å². The maximum Gasteiger partial charge on any atom is 0.408 e. The average molecular weight is 1250 g/mol. The summed E-state index contributed by atoms with van der Waals surface area (Å²) < 4.78 is 43.1. The molecule has 0 heterocycles. The van der Waals surface area contributed by atoms with Gasteiger partial charge < -0.3 is 59.2 Å². The highest BCUT2D eigenvalue weighted by Crippen LogP contribution is 2.46. The largest absolute Gasteiger partial charge is 0.489 e. The molecule has 476 valence electrons. The van der Waals surface area contributed by atoms with Crippen LogP contribution in [-0.2, 0) is 70.6 Å². The first-order chi connectivity index (χ1) is 41.9. The van der Waals surface area contributed by atoms with Gasteiger partial charge in [-0.15, -0.1) is 0 Å². The zero-order chi connectivity index (χ0) is 65.2. The number of nitrogens with one attached hydrogen (secondary N) is 4. The third-order valence-electron chi connectivity index (χ3n) is 15.1. The van der Waals surface area contributed by atoms with Crippen LogP contribution in [0.1, 0.15) is 94.9 Å². The van der Waals surface area contributed by atoms with Crippen LogP contribution in [0.3, 0.4) is 0 Å². The van der Waals surface area contributed by atoms with E-state index in [0.717, 1.165) is 16.7 Å². The van der Waals surface area contributed by atoms with Crippen molar-refractivity contribution in [1.82, 2.24) is 21.3 Å². The second kappa shape index (κ2) is 31.1. The smallest absolute Gasteiger partial charge is 0.408 e. The lowest BCUT2D eigenvalue weighted by molar-refractivity contribution is -0.152. The molecule has 0 aliphatic carbocycles. The van der Waals surface area contributed by atoms with Crippen molar-refractivity contribution in [2.45, 2.75) is 167 Å². The van der Waals surface area contributed by atoms with E-state index in [-0.39, 0.29) is 50.8 Å². The number of hydrogen-bond donors (Lipinski definition) is 5. The molecule has 0 aliphatic rings. The zero-order valence-electron chi connectivity index (χ0n) is 53.5. The Labute approximate surface area is 525 Å². The topological polar surface area (TPSA) is 235 Å². The fraction of sp³-hybridized carbons (Fsp3) is 0.391. The number of esters is 1. The van der Waals surface area contributed by atoms with Gasteiger partial charge in [0.2, 0.25) is 5.91 Å². The standard InChI is InChI=1S/C69H88N4O14Si2/c1-47(70-64(78)84-45-50-30-22-16-23-31-50)59(72-66(80)86-67(2,3)4)61(74)73-69(8,63(76)77)60(87-89(12,13)68(5,6)7)55-41-53(35-37-58(55)83-44-49-28-20-15-21-29-49)52-34-36-57(82-43-48-26-18-14-19-27-48)54(40-52)42-56(62(75)81-38-39-88(9,10)11)71-65(79)85-46-51-32-24-17-25-33-51/h14-37,40-41,47,56,59-60H,38-39,42-46H2,1-13H3,(H,70,78)(H,71,79)(H,72,80)(H,73,74)(H,76,77)/t47?,56-,59-,60+,69-/m0/s1. The maximum absolute atomic E-state index is 15.2. The minimum atomic E-state index is -3.10. The minimum Gasteiger partial charge on any atom is -0.489 e. The van der Waals surface area contributed by atoms with Gasteiger partial charge in [0.15, 0.2) is 13.9 Å². The van der Waals surface area contributed by atoms with Gasteiger partial charge in [-0.1, -0.05) is 174 Å². The molecule has 0 aliphatic heterocycles. The number of aliphatic carboxylic acids is 1. The van der Waals surface area contributed by atoms with Crippen molar-refractivity contribution in [3.05, 3.63) is 191 Å². The molecule has 0 aromatic heterocycles. The van der Waals surface area contributed by atoms with Gasteiger partial charge in [-0.05, 0) is 122 Å². The molecule has 0 saturated heterocycles. The quantitative estimate of drug-likeness (QED) is 0.0175. The Morgan fingerprint density at radius 3 is 1.47 bits per heavy atom. The number of carbonyl (C=O) groups excluding carboxylic acids is 5. The summed E-state index contributed by atoms with van der Waals surface area (Å²) in [4.78, 5) is 84.5. The van der Waals surface area contributed by atoms with Gasteiger partial charge in [0.05, 0.1) is 12.6 Å². The van der Waals surface area contributed by atoms with Gasteiger partial charge >= 0.3 is 30.2 Å². The van der Waals surface area contributed by atoms with Crippen LogP contribution >= 0.6 is 0 Å². The molecule has 1 unspecified atom stereocenters. The molecule has 4 amide bonds. The van der Waals surface area contributed by atoms with E-state index in [0.29, 0.717) is 34.0 Å². The molecule has 5 N–H and O–H groups in total. The zero-order valence-corrected chi connectivity index (χ0v) is 55.5. The highest BCUT2D eigenvalue weighted by Gasteiger charge is 2.52. The molecular formula is C69H88N4O14Si2. The lowest BCUT2D eigenvalue weighted by Gasteiger charge is -2.45. The van der Waals surface area contributed by atoms with Crippen LogP contribution in [0.4, 0.5) is 14.4 Å². The molecule has 5 atom stereocenters. The first-order valence-electron chi connectivity index (χ1n) is 29.8. The number of carboxylic acid groups (broad SMARTS) is 1. The monoisotopic (exact) mass is 1250 g/mol. The second-order valence-electron chi connectivity index (χ2n) is 25.9. The van der Waals surface area contributed by atoms with E-state index in [4.69, 9.17) is 32.8 Å². The van der Waals surface area contributed by atoms with Gasteiger partial charge in [-0.3, -0.25) is 4.79 Å². The molecular weight excluding hydrogens is 1160 g/mol. The van der Waals surface area contributed by atoms with E-state index >= 15 is 4.79 Å². The predicted molar refractivity (Wildman–Crippen MR) is 347 cm³/mol. The Morgan fingerprint density at radius 2 is 1.00 bits per heavy atom.